The molecule has 0 fully saturated rings. The van der Waals surface area contributed by atoms with Crippen molar-refractivity contribution in [3.8, 4) is 11.4 Å². The summed E-state index contributed by atoms with van der Waals surface area (Å²) in [5, 5.41) is 3.91. The fourth-order valence-electron chi connectivity index (χ4n) is 1.59. The number of aromatic nitrogens is 2. The van der Waals surface area contributed by atoms with Crippen molar-refractivity contribution in [2.24, 2.45) is 0 Å². The van der Waals surface area contributed by atoms with Gasteiger partial charge < -0.3 is 4.52 Å². The minimum absolute atomic E-state index is 0.281. The van der Waals surface area contributed by atoms with Gasteiger partial charge in [-0.3, -0.25) is 0 Å². The summed E-state index contributed by atoms with van der Waals surface area (Å²) in [7, 11) is -3.18. The first-order valence-corrected chi connectivity index (χ1v) is 9.26. The molecule has 20 heavy (non-hydrogen) atoms. The lowest BCUT2D eigenvalue weighted by molar-refractivity contribution is 0.391. The Morgan fingerprint density at radius 2 is 1.95 bits per heavy atom. The normalized spacial score (nSPS) is 11.7. The lowest BCUT2D eigenvalue weighted by atomic mass is 10.2. The zero-order valence-corrected chi connectivity index (χ0v) is 13.0. The lowest BCUT2D eigenvalue weighted by Gasteiger charge is -1.98. The Morgan fingerprint density at radius 3 is 2.55 bits per heavy atom. The van der Waals surface area contributed by atoms with E-state index in [0.717, 1.165) is 17.7 Å². The van der Waals surface area contributed by atoms with Gasteiger partial charge >= 0.3 is 0 Å². The first-order chi connectivity index (χ1) is 9.50. The quantitative estimate of drug-likeness (QED) is 0.764. The first kappa shape index (κ1) is 15.1. The van der Waals surface area contributed by atoms with Gasteiger partial charge in [-0.2, -0.15) is 16.7 Å². The van der Waals surface area contributed by atoms with Crippen molar-refractivity contribution in [1.82, 2.24) is 10.1 Å². The summed E-state index contributed by atoms with van der Waals surface area (Å²) in [4.78, 5) is 4.58. The number of benzene rings is 1. The SMILES string of the molecule is CCCSCc1nc(-c2ccc(S(C)(=O)=O)cc2)no1. The molecule has 108 valence electrons. The molecule has 0 aliphatic rings. The summed E-state index contributed by atoms with van der Waals surface area (Å²) in [6.45, 7) is 2.12. The van der Waals surface area contributed by atoms with Crippen LogP contribution in [0.5, 0.6) is 0 Å². The molecular formula is C13H16N2O3S2. The third kappa shape index (κ3) is 3.83. The highest BCUT2D eigenvalue weighted by molar-refractivity contribution is 7.98. The summed E-state index contributed by atoms with van der Waals surface area (Å²) >= 11 is 1.75. The molecule has 2 aromatic rings. The molecule has 0 spiro atoms. The number of hydrogen-bond acceptors (Lipinski definition) is 6. The summed E-state index contributed by atoms with van der Waals surface area (Å²) < 4.78 is 27.9. The van der Waals surface area contributed by atoms with Gasteiger partial charge in [-0.05, 0) is 36.4 Å². The van der Waals surface area contributed by atoms with Gasteiger partial charge in [0.15, 0.2) is 9.84 Å². The summed E-state index contributed by atoms with van der Waals surface area (Å²) in [6, 6.07) is 6.47. The maximum Gasteiger partial charge on any atom is 0.236 e. The zero-order valence-electron chi connectivity index (χ0n) is 11.4. The molecule has 0 unspecified atom stereocenters. The smallest absolute Gasteiger partial charge is 0.236 e. The minimum Gasteiger partial charge on any atom is -0.338 e. The van der Waals surface area contributed by atoms with E-state index < -0.39 is 9.84 Å². The van der Waals surface area contributed by atoms with Crippen molar-refractivity contribution < 1.29 is 12.9 Å². The maximum absolute atomic E-state index is 11.4. The average molecular weight is 312 g/mol. The van der Waals surface area contributed by atoms with Gasteiger partial charge in [0.05, 0.1) is 10.6 Å². The molecule has 0 atom stereocenters. The summed E-state index contributed by atoms with van der Waals surface area (Å²) in [5.74, 6) is 2.83. The molecule has 0 radical (unpaired) electrons. The molecule has 0 N–H and O–H groups in total. The van der Waals surface area contributed by atoms with Crippen LogP contribution in [0.25, 0.3) is 11.4 Å². The van der Waals surface area contributed by atoms with E-state index in [4.69, 9.17) is 4.52 Å². The Hall–Kier alpha value is -1.34. The molecule has 0 saturated heterocycles. The van der Waals surface area contributed by atoms with E-state index in [1.165, 1.54) is 6.26 Å². The van der Waals surface area contributed by atoms with Gasteiger partial charge in [0.2, 0.25) is 11.7 Å². The molecule has 1 aromatic carbocycles. The monoisotopic (exact) mass is 312 g/mol. The van der Waals surface area contributed by atoms with E-state index in [9.17, 15) is 8.42 Å². The second-order valence-corrected chi connectivity index (χ2v) is 7.48. The molecule has 5 nitrogen and oxygen atoms in total. The standard InChI is InChI=1S/C13H16N2O3S2/c1-3-8-19-9-12-14-13(15-18-12)10-4-6-11(7-5-10)20(2,16)17/h4-7H,3,8-9H2,1-2H3. The maximum atomic E-state index is 11.4. The van der Waals surface area contributed by atoms with Crippen LogP contribution in [-0.2, 0) is 15.6 Å². The highest BCUT2D eigenvalue weighted by atomic mass is 32.2. The van der Waals surface area contributed by atoms with Crippen LogP contribution in [0.3, 0.4) is 0 Å². The second-order valence-electron chi connectivity index (χ2n) is 4.36. The van der Waals surface area contributed by atoms with E-state index >= 15 is 0 Å². The summed E-state index contributed by atoms with van der Waals surface area (Å²) in [6.07, 6.45) is 2.29. The number of rotatable bonds is 6. The number of thioether (sulfide) groups is 1. The number of nitrogens with zero attached hydrogens (tertiary/aromatic N) is 2. The number of hydrogen-bond donors (Lipinski definition) is 0. The van der Waals surface area contributed by atoms with Gasteiger partial charge in [-0.15, -0.1) is 0 Å². The molecule has 1 heterocycles. The van der Waals surface area contributed by atoms with Crippen molar-refractivity contribution in [2.75, 3.05) is 12.0 Å². The van der Waals surface area contributed by atoms with Crippen LogP contribution in [0.2, 0.25) is 0 Å². The van der Waals surface area contributed by atoms with Crippen LogP contribution in [0.1, 0.15) is 19.2 Å². The highest BCUT2D eigenvalue weighted by Crippen LogP contribution is 2.20. The first-order valence-electron chi connectivity index (χ1n) is 6.21. The third-order valence-corrected chi connectivity index (χ3v) is 4.86. The van der Waals surface area contributed by atoms with Crippen molar-refractivity contribution in [3.63, 3.8) is 0 Å². The van der Waals surface area contributed by atoms with Crippen LogP contribution in [0.4, 0.5) is 0 Å². The Morgan fingerprint density at radius 1 is 1.25 bits per heavy atom. The zero-order chi connectivity index (χ0) is 14.6. The highest BCUT2D eigenvalue weighted by Gasteiger charge is 2.11. The molecule has 7 heteroatoms. The molecular weight excluding hydrogens is 296 g/mol. The van der Waals surface area contributed by atoms with Crippen molar-refractivity contribution in [3.05, 3.63) is 30.2 Å². The van der Waals surface area contributed by atoms with Crippen molar-refractivity contribution >= 4 is 21.6 Å². The molecule has 1 aromatic heterocycles. The molecule has 0 saturated carbocycles. The Labute approximate surface area is 122 Å². The molecule has 0 bridgehead atoms. The lowest BCUT2D eigenvalue weighted by Crippen LogP contribution is -1.96. The second kappa shape index (κ2) is 6.41. The van der Waals surface area contributed by atoms with Gasteiger partial charge in [0, 0.05) is 11.8 Å². The van der Waals surface area contributed by atoms with E-state index in [0.29, 0.717) is 17.5 Å². The summed E-state index contributed by atoms with van der Waals surface area (Å²) in [5.41, 5.74) is 0.743. The third-order valence-electron chi connectivity index (χ3n) is 2.58. The molecule has 0 amide bonds. The van der Waals surface area contributed by atoms with Crippen LogP contribution >= 0.6 is 11.8 Å². The minimum atomic E-state index is -3.18. The average Bonchev–Trinajstić information content (AvgIpc) is 2.87. The number of sulfone groups is 1. The fourth-order valence-corrected chi connectivity index (χ4v) is 2.94. The predicted octanol–water partition coefficient (Wildman–Crippen LogP) is 2.78. The molecule has 0 aliphatic carbocycles. The van der Waals surface area contributed by atoms with Crippen LogP contribution in [-0.4, -0.2) is 30.6 Å². The van der Waals surface area contributed by atoms with Crippen molar-refractivity contribution in [2.45, 2.75) is 24.0 Å². The largest absolute Gasteiger partial charge is 0.338 e. The topological polar surface area (TPSA) is 73.1 Å². The van der Waals surface area contributed by atoms with Gasteiger partial charge in [-0.1, -0.05) is 12.1 Å². The fraction of sp³-hybridized carbons (Fsp3) is 0.385. The van der Waals surface area contributed by atoms with Gasteiger partial charge in [-0.25, -0.2) is 8.42 Å². The van der Waals surface area contributed by atoms with Gasteiger partial charge in [0.25, 0.3) is 0 Å². The van der Waals surface area contributed by atoms with Crippen LogP contribution in [0.15, 0.2) is 33.7 Å². The Bertz CT molecular complexity index is 663. The predicted molar refractivity (Wildman–Crippen MR) is 79.3 cm³/mol. The molecule has 2 rings (SSSR count). The van der Waals surface area contributed by atoms with E-state index in [1.807, 2.05) is 0 Å². The van der Waals surface area contributed by atoms with E-state index in [1.54, 1.807) is 36.0 Å². The Kier molecular flexibility index (Phi) is 4.82. The van der Waals surface area contributed by atoms with Crippen LogP contribution < -0.4 is 0 Å². The van der Waals surface area contributed by atoms with Crippen LogP contribution in [0, 0.1) is 0 Å². The Balaban J connectivity index is 2.12. The van der Waals surface area contributed by atoms with E-state index in [2.05, 4.69) is 17.1 Å². The van der Waals surface area contributed by atoms with Crippen molar-refractivity contribution in [1.29, 1.82) is 0 Å². The van der Waals surface area contributed by atoms with E-state index in [-0.39, 0.29) is 4.90 Å². The van der Waals surface area contributed by atoms with Gasteiger partial charge in [0.1, 0.15) is 0 Å². The molecule has 0 aliphatic heterocycles.